The second-order valence-electron chi connectivity index (χ2n) is 6.36. The summed E-state index contributed by atoms with van der Waals surface area (Å²) in [5, 5.41) is 4.87. The molecule has 2 aromatic carbocycles. The molecule has 31 heavy (non-hydrogen) atoms. The van der Waals surface area contributed by atoms with Gasteiger partial charge in [0.25, 0.3) is 11.8 Å². The number of hydrogen-bond donors (Lipinski definition) is 4. The van der Waals surface area contributed by atoms with Crippen molar-refractivity contribution >= 4 is 17.8 Å². The van der Waals surface area contributed by atoms with Gasteiger partial charge in [-0.3, -0.25) is 20.4 Å². The molecule has 0 fully saturated rings. The maximum absolute atomic E-state index is 12.8. The summed E-state index contributed by atoms with van der Waals surface area (Å²) in [7, 11) is 0. The summed E-state index contributed by atoms with van der Waals surface area (Å²) in [4.78, 5) is 35.5. The molecule has 0 heterocycles. The quantitative estimate of drug-likeness (QED) is 0.450. The van der Waals surface area contributed by atoms with Crippen LogP contribution in [0.5, 0.6) is 11.5 Å². The highest BCUT2D eigenvalue weighted by atomic mass is 19.1. The lowest BCUT2D eigenvalue weighted by atomic mass is 10.2. The Labute approximate surface area is 179 Å². The van der Waals surface area contributed by atoms with Gasteiger partial charge in [0.05, 0.1) is 6.61 Å². The summed E-state index contributed by atoms with van der Waals surface area (Å²) in [6.07, 6.45) is -0.870. The van der Waals surface area contributed by atoms with Crippen LogP contribution in [0.3, 0.4) is 0 Å². The van der Waals surface area contributed by atoms with Gasteiger partial charge in [0.1, 0.15) is 23.9 Å². The second kappa shape index (κ2) is 12.0. The van der Waals surface area contributed by atoms with Crippen molar-refractivity contribution in [3.63, 3.8) is 0 Å². The lowest BCUT2D eigenvalue weighted by molar-refractivity contribution is -0.132. The van der Waals surface area contributed by atoms with E-state index in [1.807, 2.05) is 6.92 Å². The standard InChI is InChI=1S/C21H25FN4O5/c1-3-30-17-8-10-18(11-9-17)31-14(2)20(28)26-25-19(27)13-24-21(29)23-12-15-4-6-16(22)7-5-15/h4-11,14H,3,12-13H2,1-2H3,(H,25,27)(H,26,28)(H2,23,24,29). The number of rotatable bonds is 9. The number of carbonyl (C=O) groups excluding carboxylic acids is 3. The fraction of sp³-hybridized carbons (Fsp3) is 0.286. The summed E-state index contributed by atoms with van der Waals surface area (Å²) >= 11 is 0. The van der Waals surface area contributed by atoms with Gasteiger partial charge in [-0.05, 0) is 55.8 Å². The molecule has 0 aliphatic heterocycles. The normalized spacial score (nSPS) is 11.1. The molecule has 1 unspecified atom stereocenters. The molecule has 4 amide bonds. The third-order valence-corrected chi connectivity index (χ3v) is 3.92. The van der Waals surface area contributed by atoms with Gasteiger partial charge in [-0.25, -0.2) is 9.18 Å². The lowest BCUT2D eigenvalue weighted by Gasteiger charge is -2.15. The Morgan fingerprint density at radius 1 is 0.935 bits per heavy atom. The highest BCUT2D eigenvalue weighted by Gasteiger charge is 2.15. The van der Waals surface area contributed by atoms with Gasteiger partial charge in [0, 0.05) is 6.54 Å². The van der Waals surface area contributed by atoms with Gasteiger partial charge in [-0.1, -0.05) is 12.1 Å². The van der Waals surface area contributed by atoms with Crippen LogP contribution in [0.2, 0.25) is 0 Å². The number of amides is 4. The molecule has 4 N–H and O–H groups in total. The zero-order valence-corrected chi connectivity index (χ0v) is 17.2. The summed E-state index contributed by atoms with van der Waals surface area (Å²) in [6.45, 7) is 3.76. The molecular weight excluding hydrogens is 407 g/mol. The summed E-state index contributed by atoms with van der Waals surface area (Å²) in [5.41, 5.74) is 5.12. The molecular formula is C21H25FN4O5. The van der Waals surface area contributed by atoms with Crippen molar-refractivity contribution in [2.45, 2.75) is 26.5 Å². The topological polar surface area (TPSA) is 118 Å². The van der Waals surface area contributed by atoms with Crippen LogP contribution in [-0.2, 0) is 16.1 Å². The van der Waals surface area contributed by atoms with E-state index in [0.29, 0.717) is 23.7 Å². The molecule has 0 bridgehead atoms. The van der Waals surface area contributed by atoms with Gasteiger partial charge in [0.2, 0.25) is 0 Å². The molecule has 0 aliphatic carbocycles. The molecule has 0 radical (unpaired) electrons. The van der Waals surface area contributed by atoms with Crippen molar-refractivity contribution in [1.29, 1.82) is 0 Å². The number of ether oxygens (including phenoxy) is 2. The van der Waals surface area contributed by atoms with Crippen molar-refractivity contribution < 1.29 is 28.2 Å². The molecule has 2 rings (SSSR count). The zero-order chi connectivity index (χ0) is 22.6. The highest BCUT2D eigenvalue weighted by Crippen LogP contribution is 2.18. The zero-order valence-electron chi connectivity index (χ0n) is 17.2. The van der Waals surface area contributed by atoms with E-state index < -0.39 is 23.9 Å². The Morgan fingerprint density at radius 2 is 1.58 bits per heavy atom. The first kappa shape index (κ1) is 23.5. The van der Waals surface area contributed by atoms with Gasteiger partial charge < -0.3 is 20.1 Å². The fourth-order valence-electron chi connectivity index (χ4n) is 2.32. The van der Waals surface area contributed by atoms with E-state index in [2.05, 4.69) is 21.5 Å². The molecule has 0 saturated heterocycles. The third-order valence-electron chi connectivity index (χ3n) is 3.92. The average Bonchev–Trinajstić information content (AvgIpc) is 2.77. The predicted molar refractivity (Wildman–Crippen MR) is 111 cm³/mol. The predicted octanol–water partition coefficient (Wildman–Crippen LogP) is 1.64. The van der Waals surface area contributed by atoms with Gasteiger partial charge in [0.15, 0.2) is 6.10 Å². The van der Waals surface area contributed by atoms with E-state index in [4.69, 9.17) is 9.47 Å². The van der Waals surface area contributed by atoms with Crippen molar-refractivity contribution in [3.8, 4) is 11.5 Å². The SMILES string of the molecule is CCOc1ccc(OC(C)C(=O)NNC(=O)CNC(=O)NCc2ccc(F)cc2)cc1. The minimum Gasteiger partial charge on any atom is -0.494 e. The van der Waals surface area contributed by atoms with Gasteiger partial charge in [-0.2, -0.15) is 0 Å². The maximum atomic E-state index is 12.8. The van der Waals surface area contributed by atoms with Gasteiger partial charge >= 0.3 is 6.03 Å². The van der Waals surface area contributed by atoms with E-state index in [1.165, 1.54) is 31.2 Å². The summed E-state index contributed by atoms with van der Waals surface area (Å²) < 4.78 is 23.7. The number of urea groups is 1. The molecule has 2 aromatic rings. The second-order valence-corrected chi connectivity index (χ2v) is 6.36. The van der Waals surface area contributed by atoms with Crippen LogP contribution in [-0.4, -0.2) is 37.1 Å². The number of carbonyl (C=O) groups is 3. The molecule has 10 heteroatoms. The van der Waals surface area contributed by atoms with E-state index in [1.54, 1.807) is 24.3 Å². The average molecular weight is 432 g/mol. The van der Waals surface area contributed by atoms with E-state index >= 15 is 0 Å². The first-order valence-corrected chi connectivity index (χ1v) is 9.61. The van der Waals surface area contributed by atoms with Crippen LogP contribution in [0, 0.1) is 5.82 Å². The minimum absolute atomic E-state index is 0.171. The number of hydrogen-bond acceptors (Lipinski definition) is 5. The van der Waals surface area contributed by atoms with Crippen molar-refractivity contribution in [1.82, 2.24) is 21.5 Å². The smallest absolute Gasteiger partial charge is 0.315 e. The number of hydrazine groups is 1. The van der Waals surface area contributed by atoms with Crippen LogP contribution in [0.25, 0.3) is 0 Å². The van der Waals surface area contributed by atoms with E-state index in [0.717, 1.165) is 0 Å². The number of halogens is 1. The van der Waals surface area contributed by atoms with Crippen molar-refractivity contribution in [3.05, 3.63) is 59.9 Å². The van der Waals surface area contributed by atoms with Crippen LogP contribution in [0.1, 0.15) is 19.4 Å². The van der Waals surface area contributed by atoms with Crippen molar-refractivity contribution in [2.75, 3.05) is 13.2 Å². The molecule has 0 saturated carbocycles. The molecule has 166 valence electrons. The largest absolute Gasteiger partial charge is 0.494 e. The first-order chi connectivity index (χ1) is 14.9. The van der Waals surface area contributed by atoms with E-state index in [9.17, 15) is 18.8 Å². The number of benzene rings is 2. The molecule has 0 aliphatic rings. The van der Waals surface area contributed by atoms with Crippen LogP contribution in [0.15, 0.2) is 48.5 Å². The van der Waals surface area contributed by atoms with Crippen LogP contribution >= 0.6 is 0 Å². The minimum atomic E-state index is -0.870. The Hall–Kier alpha value is -3.82. The molecule has 9 nitrogen and oxygen atoms in total. The monoisotopic (exact) mass is 432 g/mol. The maximum Gasteiger partial charge on any atom is 0.315 e. The first-order valence-electron chi connectivity index (χ1n) is 9.61. The Bertz CT molecular complexity index is 874. The molecule has 0 aromatic heterocycles. The Balaban J connectivity index is 1.64. The highest BCUT2D eigenvalue weighted by molar-refractivity contribution is 5.87. The lowest BCUT2D eigenvalue weighted by Crippen LogP contribution is -2.50. The third kappa shape index (κ3) is 8.60. The van der Waals surface area contributed by atoms with Crippen LogP contribution in [0.4, 0.5) is 9.18 Å². The fourth-order valence-corrected chi connectivity index (χ4v) is 2.32. The van der Waals surface area contributed by atoms with Crippen molar-refractivity contribution in [2.24, 2.45) is 0 Å². The Morgan fingerprint density at radius 3 is 2.23 bits per heavy atom. The molecule has 0 spiro atoms. The summed E-state index contributed by atoms with van der Waals surface area (Å²) in [5.74, 6) is -0.405. The molecule has 1 atom stereocenters. The van der Waals surface area contributed by atoms with Crippen LogP contribution < -0.4 is 31.0 Å². The Kier molecular flexibility index (Phi) is 9.09. The van der Waals surface area contributed by atoms with Gasteiger partial charge in [-0.15, -0.1) is 0 Å². The summed E-state index contributed by atoms with van der Waals surface area (Å²) in [6, 6.07) is 11.8. The number of nitrogens with one attached hydrogen (secondary N) is 4. The van der Waals surface area contributed by atoms with E-state index in [-0.39, 0.29) is 18.9 Å².